The van der Waals surface area contributed by atoms with Crippen LogP contribution in [0.5, 0.6) is 0 Å². The molecule has 4 amide bonds. The average Bonchev–Trinajstić information content (AvgIpc) is 2.92. The quantitative estimate of drug-likeness (QED) is 0.456. The fourth-order valence-electron chi connectivity index (χ4n) is 2.23. The molecule has 0 aromatic heterocycles. The Balaban J connectivity index is 1.83. The van der Waals surface area contributed by atoms with Crippen molar-refractivity contribution in [1.29, 1.82) is 0 Å². The Morgan fingerprint density at radius 1 is 1.30 bits per heavy atom. The van der Waals surface area contributed by atoms with Crippen molar-refractivity contribution in [3.63, 3.8) is 0 Å². The van der Waals surface area contributed by atoms with Crippen molar-refractivity contribution in [3.8, 4) is 0 Å². The fourth-order valence-corrected chi connectivity index (χ4v) is 2.23. The molecular formula is C12H15N3O5. The number of carboxylic acids is 1. The number of imide groups is 1. The summed E-state index contributed by atoms with van der Waals surface area (Å²) < 4.78 is 0. The van der Waals surface area contributed by atoms with Crippen molar-refractivity contribution in [1.82, 2.24) is 15.5 Å². The van der Waals surface area contributed by atoms with Gasteiger partial charge in [0, 0.05) is 7.05 Å². The van der Waals surface area contributed by atoms with E-state index in [1.54, 1.807) is 6.08 Å². The summed E-state index contributed by atoms with van der Waals surface area (Å²) in [5, 5.41) is 13.8. The lowest BCUT2D eigenvalue weighted by atomic mass is 10.1. The maximum absolute atomic E-state index is 11.7. The van der Waals surface area contributed by atoms with Gasteiger partial charge in [0.25, 0.3) is 5.91 Å². The SMILES string of the molecule is CN1C(=O)CC(NC(=O)NC2C=CC(C(=O)O)C2)C1=O. The van der Waals surface area contributed by atoms with Gasteiger partial charge < -0.3 is 15.7 Å². The number of carbonyl (C=O) groups is 4. The summed E-state index contributed by atoms with van der Waals surface area (Å²) in [6.07, 6.45) is 3.35. The van der Waals surface area contributed by atoms with E-state index in [-0.39, 0.29) is 24.8 Å². The van der Waals surface area contributed by atoms with Crippen LogP contribution in [0.25, 0.3) is 0 Å². The van der Waals surface area contributed by atoms with Crippen LogP contribution in [0.4, 0.5) is 4.79 Å². The summed E-state index contributed by atoms with van der Waals surface area (Å²) in [4.78, 5) is 46.3. The average molecular weight is 281 g/mol. The maximum atomic E-state index is 11.7. The number of likely N-dealkylation sites (N-methyl/N-ethyl adjacent to an activating group) is 1. The molecule has 2 aliphatic rings. The number of nitrogens with zero attached hydrogens (tertiary/aromatic N) is 1. The molecule has 0 radical (unpaired) electrons. The summed E-state index contributed by atoms with van der Waals surface area (Å²) >= 11 is 0. The van der Waals surface area contributed by atoms with Crippen molar-refractivity contribution in [2.45, 2.75) is 24.9 Å². The van der Waals surface area contributed by atoms with Gasteiger partial charge in [-0.15, -0.1) is 0 Å². The maximum Gasteiger partial charge on any atom is 0.315 e. The lowest BCUT2D eigenvalue weighted by Crippen LogP contribution is -2.48. The lowest BCUT2D eigenvalue weighted by Gasteiger charge is -2.15. The normalized spacial score (nSPS) is 28.9. The van der Waals surface area contributed by atoms with Crippen molar-refractivity contribution >= 4 is 23.8 Å². The summed E-state index contributed by atoms with van der Waals surface area (Å²) in [6, 6.07) is -1.83. The van der Waals surface area contributed by atoms with Gasteiger partial charge >= 0.3 is 12.0 Å². The third kappa shape index (κ3) is 2.79. The van der Waals surface area contributed by atoms with Crippen LogP contribution in [0, 0.1) is 5.92 Å². The monoisotopic (exact) mass is 281 g/mol. The van der Waals surface area contributed by atoms with Gasteiger partial charge in [0.1, 0.15) is 6.04 Å². The smallest absolute Gasteiger partial charge is 0.315 e. The summed E-state index contributed by atoms with van der Waals surface area (Å²) in [5.74, 6) is -2.34. The third-order valence-electron chi connectivity index (χ3n) is 3.40. The first-order valence-corrected chi connectivity index (χ1v) is 6.17. The minimum atomic E-state index is -0.941. The van der Waals surface area contributed by atoms with E-state index in [2.05, 4.69) is 10.6 Å². The molecule has 3 atom stereocenters. The van der Waals surface area contributed by atoms with Gasteiger partial charge in [-0.3, -0.25) is 19.3 Å². The standard InChI is InChI=1S/C12H15N3O5/c1-15-9(16)5-8(10(15)17)14-12(20)13-7-3-2-6(4-7)11(18)19/h2-3,6-8H,4-5H2,1H3,(H,18,19)(H2,13,14,20). The Bertz CT molecular complexity index is 501. The fraction of sp³-hybridized carbons (Fsp3) is 0.500. The van der Waals surface area contributed by atoms with Crippen LogP contribution in [0.3, 0.4) is 0 Å². The van der Waals surface area contributed by atoms with Gasteiger partial charge in [0.2, 0.25) is 5.91 Å². The predicted molar refractivity (Wildman–Crippen MR) is 66.5 cm³/mol. The van der Waals surface area contributed by atoms with Crippen molar-refractivity contribution in [3.05, 3.63) is 12.2 Å². The lowest BCUT2D eigenvalue weighted by molar-refractivity contribution is -0.140. The van der Waals surface area contributed by atoms with E-state index in [0.717, 1.165) is 4.90 Å². The van der Waals surface area contributed by atoms with Crippen molar-refractivity contribution in [2.75, 3.05) is 7.05 Å². The van der Waals surface area contributed by atoms with Gasteiger partial charge in [-0.2, -0.15) is 0 Å². The van der Waals surface area contributed by atoms with Crippen LogP contribution in [0.15, 0.2) is 12.2 Å². The number of hydrogen-bond donors (Lipinski definition) is 3. The van der Waals surface area contributed by atoms with E-state index < -0.39 is 29.9 Å². The molecule has 0 aromatic carbocycles. The Morgan fingerprint density at radius 2 is 2.00 bits per heavy atom. The molecule has 3 N–H and O–H groups in total. The van der Waals surface area contributed by atoms with Crippen LogP contribution in [0.2, 0.25) is 0 Å². The second-order valence-electron chi connectivity index (χ2n) is 4.84. The molecule has 0 saturated carbocycles. The minimum Gasteiger partial charge on any atom is -0.481 e. The molecule has 1 aliphatic heterocycles. The van der Waals surface area contributed by atoms with Gasteiger partial charge in [-0.1, -0.05) is 12.2 Å². The molecule has 2 rings (SSSR count). The number of hydrogen-bond acceptors (Lipinski definition) is 4. The van der Waals surface area contributed by atoms with Gasteiger partial charge in [0.05, 0.1) is 18.4 Å². The van der Waals surface area contributed by atoms with E-state index in [1.807, 2.05) is 0 Å². The number of likely N-dealkylation sites (tertiary alicyclic amines) is 1. The molecule has 1 heterocycles. The zero-order valence-corrected chi connectivity index (χ0v) is 10.8. The van der Waals surface area contributed by atoms with Crippen molar-refractivity contribution < 1.29 is 24.3 Å². The number of carbonyl (C=O) groups excluding carboxylic acids is 3. The van der Waals surface area contributed by atoms with Crippen LogP contribution in [-0.2, 0) is 14.4 Å². The first kappa shape index (κ1) is 14.0. The highest BCUT2D eigenvalue weighted by atomic mass is 16.4. The zero-order valence-electron chi connectivity index (χ0n) is 10.8. The molecule has 1 fully saturated rings. The van der Waals surface area contributed by atoms with Gasteiger partial charge in [-0.25, -0.2) is 4.79 Å². The van der Waals surface area contributed by atoms with E-state index in [4.69, 9.17) is 5.11 Å². The first-order chi connectivity index (χ1) is 9.38. The van der Waals surface area contributed by atoms with Gasteiger partial charge in [0.15, 0.2) is 0 Å². The highest BCUT2D eigenvalue weighted by Crippen LogP contribution is 2.18. The van der Waals surface area contributed by atoms with E-state index in [9.17, 15) is 19.2 Å². The number of carboxylic acid groups (broad SMARTS) is 1. The molecular weight excluding hydrogens is 266 g/mol. The summed E-state index contributed by atoms with van der Waals surface area (Å²) in [5.41, 5.74) is 0. The molecule has 1 saturated heterocycles. The van der Waals surface area contributed by atoms with Crippen molar-refractivity contribution in [2.24, 2.45) is 5.92 Å². The van der Waals surface area contributed by atoms with E-state index in [0.29, 0.717) is 0 Å². The Kier molecular flexibility index (Phi) is 3.73. The van der Waals surface area contributed by atoms with E-state index in [1.165, 1.54) is 13.1 Å². The summed E-state index contributed by atoms with van der Waals surface area (Å²) in [7, 11) is 1.36. The summed E-state index contributed by atoms with van der Waals surface area (Å²) in [6.45, 7) is 0. The number of urea groups is 1. The zero-order chi connectivity index (χ0) is 14.9. The van der Waals surface area contributed by atoms with Crippen LogP contribution >= 0.6 is 0 Å². The molecule has 0 spiro atoms. The second-order valence-corrected chi connectivity index (χ2v) is 4.84. The Hall–Kier alpha value is -2.38. The second kappa shape index (κ2) is 5.32. The predicted octanol–water partition coefficient (Wildman–Crippen LogP) is -0.928. The van der Waals surface area contributed by atoms with Crippen LogP contribution in [-0.4, -0.2) is 53.0 Å². The number of amides is 4. The molecule has 8 heteroatoms. The Morgan fingerprint density at radius 3 is 2.50 bits per heavy atom. The number of rotatable bonds is 3. The number of nitrogens with one attached hydrogen (secondary N) is 2. The highest BCUT2D eigenvalue weighted by molar-refractivity contribution is 6.06. The van der Waals surface area contributed by atoms with Crippen LogP contribution < -0.4 is 10.6 Å². The molecule has 108 valence electrons. The minimum absolute atomic E-state index is 0.0546. The molecule has 0 bridgehead atoms. The highest BCUT2D eigenvalue weighted by Gasteiger charge is 2.37. The topological polar surface area (TPSA) is 116 Å². The third-order valence-corrected chi connectivity index (χ3v) is 3.40. The largest absolute Gasteiger partial charge is 0.481 e. The first-order valence-electron chi connectivity index (χ1n) is 6.17. The number of aliphatic carboxylic acids is 1. The van der Waals surface area contributed by atoms with E-state index >= 15 is 0 Å². The molecule has 1 aliphatic carbocycles. The molecule has 20 heavy (non-hydrogen) atoms. The molecule has 3 unspecified atom stereocenters. The van der Waals surface area contributed by atoms with Gasteiger partial charge in [-0.05, 0) is 6.42 Å². The molecule has 8 nitrogen and oxygen atoms in total. The van der Waals surface area contributed by atoms with Crippen LogP contribution in [0.1, 0.15) is 12.8 Å². The Labute approximate surface area is 114 Å². The molecule has 0 aromatic rings.